The smallest absolute Gasteiger partial charge is 0.0953 e. The van der Waals surface area contributed by atoms with Crippen LogP contribution in [-0.4, -0.2) is 34.6 Å². The molecule has 1 aliphatic heterocycles. The molecule has 6 heteroatoms. The fourth-order valence-electron chi connectivity index (χ4n) is 2.37. The summed E-state index contributed by atoms with van der Waals surface area (Å²) in [4.78, 5) is 9.50. The number of halogens is 2. The van der Waals surface area contributed by atoms with Crippen molar-refractivity contribution in [1.82, 2.24) is 14.9 Å². The Morgan fingerprint density at radius 3 is 3.00 bits per heavy atom. The van der Waals surface area contributed by atoms with E-state index in [1.165, 1.54) is 0 Å². The molecule has 0 saturated carbocycles. The predicted octanol–water partition coefficient (Wildman–Crippen LogP) is 3.29. The Balaban J connectivity index is 1.69. The highest BCUT2D eigenvalue weighted by atomic mass is 35.5. The van der Waals surface area contributed by atoms with Gasteiger partial charge in [0.2, 0.25) is 0 Å². The van der Waals surface area contributed by atoms with Crippen LogP contribution in [0.2, 0.25) is 10.0 Å². The molecule has 0 spiro atoms. The van der Waals surface area contributed by atoms with E-state index >= 15 is 0 Å². The number of aromatic nitrogens is 2. The Bertz CT molecular complexity index is 574. The molecule has 0 amide bonds. The van der Waals surface area contributed by atoms with Crippen LogP contribution in [0.3, 0.4) is 0 Å². The van der Waals surface area contributed by atoms with Gasteiger partial charge in [0.15, 0.2) is 0 Å². The summed E-state index contributed by atoms with van der Waals surface area (Å²) in [6, 6.07) is 5.67. The van der Waals surface area contributed by atoms with E-state index in [4.69, 9.17) is 27.9 Å². The van der Waals surface area contributed by atoms with E-state index in [9.17, 15) is 0 Å². The van der Waals surface area contributed by atoms with E-state index in [2.05, 4.69) is 14.9 Å². The van der Waals surface area contributed by atoms with E-state index in [-0.39, 0.29) is 6.10 Å². The van der Waals surface area contributed by atoms with Crippen LogP contribution in [0.1, 0.15) is 17.4 Å². The molecule has 20 heavy (non-hydrogen) atoms. The predicted molar refractivity (Wildman–Crippen MR) is 79.0 cm³/mol. The van der Waals surface area contributed by atoms with Crippen LogP contribution in [0.5, 0.6) is 0 Å². The number of morpholine rings is 1. The Labute approximate surface area is 127 Å². The molecule has 1 aromatic heterocycles. The van der Waals surface area contributed by atoms with Gasteiger partial charge in [0.05, 0.1) is 29.1 Å². The molecule has 2 aromatic rings. The molecule has 4 nitrogen and oxygen atoms in total. The molecule has 0 radical (unpaired) electrons. The van der Waals surface area contributed by atoms with Gasteiger partial charge in [-0.05, 0) is 17.7 Å². The van der Waals surface area contributed by atoms with Crippen molar-refractivity contribution >= 4 is 23.2 Å². The molecular formula is C14H15Cl2N3O. The lowest BCUT2D eigenvalue weighted by Gasteiger charge is -2.32. The van der Waals surface area contributed by atoms with Crippen molar-refractivity contribution in [3.05, 3.63) is 52.0 Å². The van der Waals surface area contributed by atoms with Gasteiger partial charge in [0, 0.05) is 31.5 Å². The van der Waals surface area contributed by atoms with Crippen LogP contribution < -0.4 is 0 Å². The van der Waals surface area contributed by atoms with Crippen LogP contribution in [-0.2, 0) is 11.3 Å². The maximum atomic E-state index is 6.07. The van der Waals surface area contributed by atoms with E-state index < -0.39 is 0 Å². The zero-order valence-electron chi connectivity index (χ0n) is 10.9. The number of hydrogen-bond donors (Lipinski definition) is 1. The summed E-state index contributed by atoms with van der Waals surface area (Å²) in [6.45, 7) is 3.30. The zero-order valence-corrected chi connectivity index (χ0v) is 12.4. The van der Waals surface area contributed by atoms with Crippen molar-refractivity contribution in [2.45, 2.75) is 12.6 Å². The lowest BCUT2D eigenvalue weighted by molar-refractivity contribution is -0.0332. The first-order valence-electron chi connectivity index (χ1n) is 6.48. The van der Waals surface area contributed by atoms with Crippen molar-refractivity contribution in [1.29, 1.82) is 0 Å². The average Bonchev–Trinajstić information content (AvgIpc) is 2.95. The van der Waals surface area contributed by atoms with Crippen LogP contribution >= 0.6 is 23.2 Å². The normalized spacial score (nSPS) is 20.2. The highest BCUT2D eigenvalue weighted by Gasteiger charge is 2.22. The molecule has 0 aliphatic carbocycles. The molecule has 1 fully saturated rings. The van der Waals surface area contributed by atoms with Crippen LogP contribution in [0, 0.1) is 0 Å². The second-order valence-electron chi connectivity index (χ2n) is 4.84. The van der Waals surface area contributed by atoms with Crippen molar-refractivity contribution in [2.75, 3.05) is 19.7 Å². The lowest BCUT2D eigenvalue weighted by Crippen LogP contribution is -2.37. The van der Waals surface area contributed by atoms with Crippen molar-refractivity contribution in [3.63, 3.8) is 0 Å². The first-order chi connectivity index (χ1) is 9.72. The fourth-order valence-corrected chi connectivity index (χ4v) is 2.68. The summed E-state index contributed by atoms with van der Waals surface area (Å²) in [7, 11) is 0. The summed E-state index contributed by atoms with van der Waals surface area (Å²) in [5.74, 6) is 0. The van der Waals surface area contributed by atoms with Gasteiger partial charge < -0.3 is 9.72 Å². The number of ether oxygens (including phenoxy) is 1. The molecule has 1 aromatic carbocycles. The number of hydrogen-bond acceptors (Lipinski definition) is 3. The highest BCUT2D eigenvalue weighted by molar-refractivity contribution is 6.42. The monoisotopic (exact) mass is 311 g/mol. The van der Waals surface area contributed by atoms with Crippen LogP contribution in [0.4, 0.5) is 0 Å². The van der Waals surface area contributed by atoms with Crippen molar-refractivity contribution < 1.29 is 4.74 Å². The van der Waals surface area contributed by atoms with Gasteiger partial charge in [0.1, 0.15) is 0 Å². The van der Waals surface area contributed by atoms with Gasteiger partial charge in [-0.2, -0.15) is 0 Å². The number of aromatic amines is 1. The third-order valence-electron chi connectivity index (χ3n) is 3.41. The molecule has 2 heterocycles. The molecule has 1 aliphatic rings. The zero-order chi connectivity index (χ0) is 13.9. The summed E-state index contributed by atoms with van der Waals surface area (Å²) in [5, 5.41) is 1.14. The quantitative estimate of drug-likeness (QED) is 0.945. The molecule has 0 bridgehead atoms. The Kier molecular flexibility index (Phi) is 4.27. The van der Waals surface area contributed by atoms with Gasteiger partial charge >= 0.3 is 0 Å². The van der Waals surface area contributed by atoms with E-state index in [0.717, 1.165) is 30.9 Å². The minimum atomic E-state index is 0.0291. The number of nitrogens with zero attached hydrogens (tertiary/aromatic N) is 2. The van der Waals surface area contributed by atoms with Gasteiger partial charge in [-0.25, -0.2) is 4.98 Å². The van der Waals surface area contributed by atoms with Gasteiger partial charge in [-0.15, -0.1) is 0 Å². The molecular weight excluding hydrogens is 297 g/mol. The molecule has 1 atom stereocenters. The number of imidazole rings is 1. The lowest BCUT2D eigenvalue weighted by atomic mass is 10.1. The van der Waals surface area contributed by atoms with Gasteiger partial charge in [-0.3, -0.25) is 4.90 Å². The van der Waals surface area contributed by atoms with E-state index in [0.29, 0.717) is 16.7 Å². The molecule has 3 rings (SSSR count). The largest absolute Gasteiger partial charge is 0.371 e. The summed E-state index contributed by atoms with van der Waals surface area (Å²) in [5.41, 5.74) is 2.17. The third-order valence-corrected chi connectivity index (χ3v) is 4.15. The Hall–Kier alpha value is -1.07. The van der Waals surface area contributed by atoms with Crippen molar-refractivity contribution in [3.8, 4) is 0 Å². The minimum Gasteiger partial charge on any atom is -0.371 e. The number of rotatable bonds is 3. The maximum Gasteiger partial charge on any atom is 0.0953 e. The summed E-state index contributed by atoms with van der Waals surface area (Å²) >= 11 is 12.0. The minimum absolute atomic E-state index is 0.0291. The van der Waals surface area contributed by atoms with Crippen LogP contribution in [0.15, 0.2) is 30.7 Å². The topological polar surface area (TPSA) is 41.2 Å². The molecule has 1 saturated heterocycles. The van der Waals surface area contributed by atoms with Crippen LogP contribution in [0.25, 0.3) is 0 Å². The Morgan fingerprint density at radius 1 is 1.35 bits per heavy atom. The van der Waals surface area contributed by atoms with Gasteiger partial charge in [0.25, 0.3) is 0 Å². The number of nitrogens with one attached hydrogen (secondary N) is 1. The standard InChI is InChI=1S/C14H15Cl2N3O/c15-12-2-1-10(5-13(12)16)14-8-19(3-4-20-14)7-11-6-17-9-18-11/h1-2,5-6,9,14H,3-4,7-8H2,(H,17,18)/t14-/m0/s1. The van der Waals surface area contributed by atoms with E-state index in [1.807, 2.05) is 24.4 Å². The number of H-pyrrole nitrogens is 1. The highest BCUT2D eigenvalue weighted by Crippen LogP contribution is 2.29. The first-order valence-corrected chi connectivity index (χ1v) is 7.24. The summed E-state index contributed by atoms with van der Waals surface area (Å²) < 4.78 is 5.84. The SMILES string of the molecule is Clc1ccc([C@@H]2CN(Cc3cnc[nH]3)CCO2)cc1Cl. The number of benzene rings is 1. The Morgan fingerprint density at radius 2 is 2.25 bits per heavy atom. The fraction of sp³-hybridized carbons (Fsp3) is 0.357. The van der Waals surface area contributed by atoms with Crippen molar-refractivity contribution in [2.24, 2.45) is 0 Å². The first kappa shape index (κ1) is 13.9. The maximum absolute atomic E-state index is 6.07. The molecule has 106 valence electrons. The molecule has 1 N–H and O–H groups in total. The summed E-state index contributed by atoms with van der Waals surface area (Å²) in [6.07, 6.45) is 3.58. The second-order valence-corrected chi connectivity index (χ2v) is 5.66. The average molecular weight is 312 g/mol. The molecule has 0 unspecified atom stereocenters. The third kappa shape index (κ3) is 3.15. The van der Waals surface area contributed by atoms with Gasteiger partial charge in [-0.1, -0.05) is 29.3 Å². The van der Waals surface area contributed by atoms with E-state index in [1.54, 1.807) is 6.33 Å². The second kappa shape index (κ2) is 6.14.